The van der Waals surface area contributed by atoms with Crippen molar-refractivity contribution in [3.05, 3.63) is 53.2 Å². The first-order valence-electron chi connectivity index (χ1n) is 8.70. The highest BCUT2D eigenvalue weighted by molar-refractivity contribution is 7.91. The van der Waals surface area contributed by atoms with Crippen LogP contribution in [-0.4, -0.2) is 41.7 Å². The number of para-hydroxylation sites is 2. The molecule has 0 amide bonds. The van der Waals surface area contributed by atoms with Crippen LogP contribution in [0.4, 0.5) is 0 Å². The first-order chi connectivity index (χ1) is 13.4. The van der Waals surface area contributed by atoms with Crippen LogP contribution >= 0.6 is 11.3 Å². The van der Waals surface area contributed by atoms with Crippen molar-refractivity contribution in [2.24, 2.45) is 0 Å². The van der Waals surface area contributed by atoms with Gasteiger partial charge in [0.15, 0.2) is 0 Å². The number of benzene rings is 1. The lowest BCUT2D eigenvalue weighted by Gasteiger charge is -2.13. The van der Waals surface area contributed by atoms with E-state index in [1.54, 1.807) is 6.07 Å². The van der Waals surface area contributed by atoms with Crippen molar-refractivity contribution in [3.63, 3.8) is 0 Å². The molecule has 28 heavy (non-hydrogen) atoms. The molecule has 9 heteroatoms. The second kappa shape index (κ2) is 7.42. The van der Waals surface area contributed by atoms with Crippen LogP contribution in [0.15, 0.2) is 46.8 Å². The van der Waals surface area contributed by atoms with Crippen molar-refractivity contribution < 1.29 is 18.3 Å². The Morgan fingerprint density at radius 1 is 1.11 bits per heavy atom. The number of carbonyl (C=O) groups is 1. The molecule has 0 unspecified atom stereocenters. The monoisotopic (exact) mass is 414 g/mol. The largest absolute Gasteiger partial charge is 0.545 e. The minimum Gasteiger partial charge on any atom is -0.545 e. The van der Waals surface area contributed by atoms with E-state index < -0.39 is 16.0 Å². The molecule has 4 rings (SSSR count). The van der Waals surface area contributed by atoms with E-state index in [-0.39, 0.29) is 9.78 Å². The number of carboxylic acids is 1. The molecule has 144 valence electrons. The number of hydrogen-bond donors (Lipinski definition) is 0. The molecule has 0 N–H and O–H groups in total. The average Bonchev–Trinajstić information content (AvgIpc) is 3.38. The molecule has 1 aromatic carbocycles. The van der Waals surface area contributed by atoms with Crippen LogP contribution in [0.1, 0.15) is 23.4 Å². The molecule has 1 saturated heterocycles. The van der Waals surface area contributed by atoms with Gasteiger partial charge in [0.25, 0.3) is 10.0 Å². The van der Waals surface area contributed by atoms with Crippen LogP contribution in [0, 0.1) is 0 Å². The summed E-state index contributed by atoms with van der Waals surface area (Å²) in [4.78, 5) is 20.7. The highest BCUT2D eigenvalue weighted by Gasteiger charge is 2.28. The van der Waals surface area contributed by atoms with Crippen molar-refractivity contribution in [1.82, 2.24) is 14.3 Å². The van der Waals surface area contributed by atoms with Gasteiger partial charge in [-0.15, -0.1) is 11.3 Å². The fourth-order valence-corrected chi connectivity index (χ4v) is 6.06. The van der Waals surface area contributed by atoms with Gasteiger partial charge in [-0.1, -0.05) is 12.1 Å². The van der Waals surface area contributed by atoms with E-state index >= 15 is 0 Å². The maximum atomic E-state index is 12.7. The quantitative estimate of drug-likeness (QED) is 0.590. The van der Waals surface area contributed by atoms with Gasteiger partial charge in [-0.2, -0.15) is 4.31 Å². The molecule has 3 aromatic rings. The van der Waals surface area contributed by atoms with Crippen LogP contribution in [0.25, 0.3) is 22.7 Å². The number of rotatable bonds is 5. The zero-order chi connectivity index (χ0) is 19.7. The molecule has 0 aliphatic carbocycles. The standard InChI is InChI=1S/C19H17N3O4S2/c23-19(24)14(11-13-12-20-15-5-1-2-6-16(15)21-13)17-7-8-18(27-17)28(25,26)22-9-3-4-10-22/h1-2,5-8,11-12H,3-4,9-10H2,(H,23,24)/p-1/b14-11-. The number of sulfonamides is 1. The zero-order valence-electron chi connectivity index (χ0n) is 14.7. The van der Waals surface area contributed by atoms with Gasteiger partial charge in [-0.05, 0) is 43.2 Å². The number of nitrogens with zero attached hydrogens (tertiary/aromatic N) is 3. The van der Waals surface area contributed by atoms with E-state index in [9.17, 15) is 18.3 Å². The highest BCUT2D eigenvalue weighted by atomic mass is 32.2. The van der Waals surface area contributed by atoms with Gasteiger partial charge in [-0.3, -0.25) is 4.98 Å². The molecule has 0 radical (unpaired) electrons. The normalized spacial score (nSPS) is 15.9. The zero-order valence-corrected chi connectivity index (χ0v) is 16.4. The van der Waals surface area contributed by atoms with Crippen molar-refractivity contribution in [2.45, 2.75) is 17.1 Å². The number of fused-ring (bicyclic) bond motifs is 1. The Morgan fingerprint density at radius 2 is 1.82 bits per heavy atom. The predicted molar refractivity (Wildman–Crippen MR) is 105 cm³/mol. The van der Waals surface area contributed by atoms with E-state index in [1.807, 2.05) is 18.2 Å². The molecule has 2 aromatic heterocycles. The average molecular weight is 414 g/mol. The van der Waals surface area contributed by atoms with E-state index in [0.29, 0.717) is 34.7 Å². The Bertz CT molecular complexity index is 1180. The molecular weight excluding hydrogens is 398 g/mol. The maximum absolute atomic E-state index is 12.7. The van der Waals surface area contributed by atoms with Gasteiger partial charge in [0, 0.05) is 23.5 Å². The molecule has 7 nitrogen and oxygen atoms in total. The van der Waals surface area contributed by atoms with Crippen LogP contribution < -0.4 is 5.11 Å². The van der Waals surface area contributed by atoms with Gasteiger partial charge in [0.2, 0.25) is 0 Å². The number of aliphatic carboxylic acids is 1. The Morgan fingerprint density at radius 3 is 2.54 bits per heavy atom. The van der Waals surface area contributed by atoms with Crippen LogP contribution in [-0.2, 0) is 14.8 Å². The minimum absolute atomic E-state index is 0.126. The third-order valence-corrected chi connectivity index (χ3v) is 7.97. The smallest absolute Gasteiger partial charge is 0.252 e. The van der Waals surface area contributed by atoms with Gasteiger partial charge < -0.3 is 9.90 Å². The fourth-order valence-electron chi connectivity index (χ4n) is 3.08. The first kappa shape index (κ1) is 18.7. The van der Waals surface area contributed by atoms with E-state index in [0.717, 1.165) is 24.2 Å². The van der Waals surface area contributed by atoms with Crippen molar-refractivity contribution in [3.8, 4) is 0 Å². The van der Waals surface area contributed by atoms with E-state index in [4.69, 9.17) is 0 Å². The van der Waals surface area contributed by atoms with E-state index in [1.165, 1.54) is 28.7 Å². The lowest BCUT2D eigenvalue weighted by Crippen LogP contribution is -2.27. The number of thiophene rings is 1. The van der Waals surface area contributed by atoms with Gasteiger partial charge in [0.05, 0.1) is 28.9 Å². The van der Waals surface area contributed by atoms with Crippen LogP contribution in [0.2, 0.25) is 0 Å². The SMILES string of the molecule is O=C([O-])/C(=C\c1cnc2ccccc2n1)c1ccc(S(=O)(=O)N2CCCC2)s1. The molecule has 1 aliphatic rings. The van der Waals surface area contributed by atoms with Crippen LogP contribution in [0.5, 0.6) is 0 Å². The third kappa shape index (κ3) is 3.56. The maximum Gasteiger partial charge on any atom is 0.252 e. The van der Waals surface area contributed by atoms with E-state index in [2.05, 4.69) is 9.97 Å². The molecule has 0 saturated carbocycles. The second-order valence-electron chi connectivity index (χ2n) is 6.36. The summed E-state index contributed by atoms with van der Waals surface area (Å²) < 4.78 is 26.9. The summed E-state index contributed by atoms with van der Waals surface area (Å²) >= 11 is 0.919. The molecule has 0 atom stereocenters. The molecular formula is C19H16N3O4S2-. The summed E-state index contributed by atoms with van der Waals surface area (Å²) in [7, 11) is -3.60. The molecule has 0 spiro atoms. The third-order valence-electron chi connectivity index (χ3n) is 4.49. The number of carboxylic acid groups (broad SMARTS) is 1. The number of aromatic nitrogens is 2. The van der Waals surface area contributed by atoms with Crippen molar-refractivity contribution >= 4 is 50.0 Å². The van der Waals surface area contributed by atoms with Gasteiger partial charge in [0.1, 0.15) is 4.21 Å². The lowest BCUT2D eigenvalue weighted by atomic mass is 10.2. The van der Waals surface area contributed by atoms with Crippen molar-refractivity contribution in [1.29, 1.82) is 0 Å². The second-order valence-corrected chi connectivity index (χ2v) is 9.61. The number of hydrogen-bond acceptors (Lipinski definition) is 7. The Balaban J connectivity index is 1.71. The Hall–Kier alpha value is -2.62. The minimum atomic E-state index is -3.60. The molecule has 1 fully saturated rings. The van der Waals surface area contributed by atoms with Gasteiger partial charge in [-0.25, -0.2) is 13.4 Å². The first-order valence-corrected chi connectivity index (χ1v) is 11.0. The Labute approximate surface area is 166 Å². The fraction of sp³-hybridized carbons (Fsp3) is 0.211. The predicted octanol–water partition coefficient (Wildman–Crippen LogP) is 1.77. The van der Waals surface area contributed by atoms with Gasteiger partial charge >= 0.3 is 0 Å². The summed E-state index contributed by atoms with van der Waals surface area (Å²) in [5.74, 6) is -1.40. The number of carbonyl (C=O) groups excluding carboxylic acids is 1. The summed E-state index contributed by atoms with van der Waals surface area (Å²) in [5.41, 5.74) is 1.56. The molecule has 1 aliphatic heterocycles. The molecule has 0 bridgehead atoms. The summed E-state index contributed by atoms with van der Waals surface area (Å²) in [5, 5.41) is 11.7. The topological polar surface area (TPSA) is 103 Å². The summed E-state index contributed by atoms with van der Waals surface area (Å²) in [6.45, 7) is 0.983. The molecule has 3 heterocycles. The van der Waals surface area contributed by atoms with Crippen LogP contribution in [0.3, 0.4) is 0 Å². The highest BCUT2D eigenvalue weighted by Crippen LogP contribution is 2.31. The summed E-state index contributed by atoms with van der Waals surface area (Å²) in [6.07, 6.45) is 4.50. The Kier molecular flexibility index (Phi) is 4.96. The lowest BCUT2D eigenvalue weighted by molar-refractivity contribution is -0.295. The van der Waals surface area contributed by atoms with Crippen molar-refractivity contribution in [2.75, 3.05) is 13.1 Å². The summed E-state index contributed by atoms with van der Waals surface area (Å²) in [6, 6.07) is 10.2.